The summed E-state index contributed by atoms with van der Waals surface area (Å²) in [5.41, 5.74) is 0. The van der Waals surface area contributed by atoms with Crippen LogP contribution in [-0.2, 0) is 0 Å². The topological polar surface area (TPSA) is 270 Å². The van der Waals surface area contributed by atoms with Crippen molar-refractivity contribution >= 4 is 69.4 Å². The van der Waals surface area contributed by atoms with Crippen LogP contribution in [-0.4, -0.2) is 119 Å². The Hall–Kier alpha value is 2.64. The molecule has 0 aromatic rings. The van der Waals surface area contributed by atoms with Crippen molar-refractivity contribution in [2.24, 2.45) is 0 Å². The van der Waals surface area contributed by atoms with Gasteiger partial charge in [-0.3, -0.25) is 0 Å². The third kappa shape index (κ3) is 584. The molecule has 16 heavy (non-hydrogen) atoms. The maximum absolute atomic E-state index is 0. The van der Waals surface area contributed by atoms with Crippen LogP contribution in [0.2, 0.25) is 0 Å². The summed E-state index contributed by atoms with van der Waals surface area (Å²) in [4.78, 5) is 0. The number of hydrogen-bond donors (Lipinski definition) is 0. The SMILES string of the molecule is [Al+3].[Al+3].[Al+3].[Al+3].[Cl-].[Cl-].[Cl-].[OH-].[OH-].[OH-].[OH-].[OH-].[OH-].[OH-].[OH-].[OH-]. The molecule has 96 valence electrons. The maximum atomic E-state index is 0. The Labute approximate surface area is 155 Å². The summed E-state index contributed by atoms with van der Waals surface area (Å²) in [6.07, 6.45) is 0. The van der Waals surface area contributed by atoms with Gasteiger partial charge in [-0.05, 0) is 0 Å². The molecular formula is H9Al4Cl3O9. The van der Waals surface area contributed by atoms with E-state index in [0.29, 0.717) is 0 Å². The van der Waals surface area contributed by atoms with Gasteiger partial charge in [0.25, 0.3) is 0 Å². The van der Waals surface area contributed by atoms with Gasteiger partial charge < -0.3 is 86.5 Å². The molecule has 0 amide bonds. The van der Waals surface area contributed by atoms with Gasteiger partial charge in [-0.25, -0.2) is 0 Å². The Bertz CT molecular complexity index is 22.7. The average Bonchev–Trinajstić information content (AvgIpc) is 0. The molecule has 0 saturated carbocycles. The fraction of sp³-hybridized carbons (Fsp3) is 0. The van der Waals surface area contributed by atoms with Crippen molar-refractivity contribution in [1.82, 2.24) is 0 Å². The van der Waals surface area contributed by atoms with Crippen LogP contribution in [0, 0.1) is 0 Å². The summed E-state index contributed by atoms with van der Waals surface area (Å²) in [5, 5.41) is 0. The van der Waals surface area contributed by atoms with E-state index in [2.05, 4.69) is 0 Å². The van der Waals surface area contributed by atoms with Crippen LogP contribution in [0.15, 0.2) is 0 Å². The standard InChI is InChI=1S/4Al.3ClH.9H2O/h;;;;3*1H;9*1H2/q4*+3;;;;;;;;;;;;/p-12. The summed E-state index contributed by atoms with van der Waals surface area (Å²) in [5.74, 6) is 0. The van der Waals surface area contributed by atoms with E-state index in [1.54, 1.807) is 0 Å². The fourth-order valence-corrected chi connectivity index (χ4v) is 0. The van der Waals surface area contributed by atoms with Crippen molar-refractivity contribution < 1.29 is 86.5 Å². The molecule has 0 aliphatic carbocycles. The van der Waals surface area contributed by atoms with Crippen LogP contribution in [0.4, 0.5) is 0 Å². The molecule has 0 unspecified atom stereocenters. The smallest absolute Gasteiger partial charge is 1.00 e. The van der Waals surface area contributed by atoms with Crippen molar-refractivity contribution in [2.45, 2.75) is 0 Å². The first-order valence-electron chi connectivity index (χ1n) is 0. The summed E-state index contributed by atoms with van der Waals surface area (Å²) in [6.45, 7) is 0. The van der Waals surface area contributed by atoms with E-state index in [0.717, 1.165) is 0 Å². The molecule has 0 saturated heterocycles. The quantitative estimate of drug-likeness (QED) is 0.367. The fourth-order valence-electron chi connectivity index (χ4n) is 0. The van der Waals surface area contributed by atoms with Crippen molar-refractivity contribution in [3.05, 3.63) is 0 Å². The molecule has 9 nitrogen and oxygen atoms in total. The predicted molar refractivity (Wildman–Crippen MR) is 40.4 cm³/mol. The van der Waals surface area contributed by atoms with E-state index in [1.807, 2.05) is 0 Å². The number of rotatable bonds is 0. The molecule has 16 heteroatoms. The van der Waals surface area contributed by atoms with Gasteiger partial charge in [0, 0.05) is 0 Å². The third-order valence-electron chi connectivity index (χ3n) is 0. The zero-order valence-electron chi connectivity index (χ0n) is 7.47. The minimum absolute atomic E-state index is 0. The largest absolute Gasteiger partial charge is 3.00 e. The normalized spacial score (nSPS) is 0. The van der Waals surface area contributed by atoms with E-state index < -0.39 is 0 Å². The van der Waals surface area contributed by atoms with Gasteiger partial charge in [-0.2, -0.15) is 0 Å². The molecule has 0 rings (SSSR count). The molecule has 0 heterocycles. The molecule has 0 atom stereocenters. The minimum Gasteiger partial charge on any atom is -1.00 e. The molecule has 0 aromatic carbocycles. The zero-order chi connectivity index (χ0) is 0. The van der Waals surface area contributed by atoms with E-state index in [1.165, 1.54) is 0 Å². The Morgan fingerprint density at radius 3 is 0.188 bits per heavy atom. The summed E-state index contributed by atoms with van der Waals surface area (Å²) >= 11 is 0. The van der Waals surface area contributed by atoms with Gasteiger partial charge >= 0.3 is 69.4 Å². The van der Waals surface area contributed by atoms with Crippen LogP contribution in [0.5, 0.6) is 0 Å². The Morgan fingerprint density at radius 1 is 0.188 bits per heavy atom. The van der Waals surface area contributed by atoms with E-state index in [-0.39, 0.29) is 156 Å². The van der Waals surface area contributed by atoms with Gasteiger partial charge in [0.15, 0.2) is 0 Å². The second kappa shape index (κ2) is 701. The molecule has 0 bridgehead atoms. The Kier molecular flexibility index (Phi) is 36500. The maximum Gasteiger partial charge on any atom is 3.00 e. The first kappa shape index (κ1) is 832. The average molecular weight is 367 g/mol. The van der Waals surface area contributed by atoms with Crippen LogP contribution in [0.1, 0.15) is 0 Å². The first-order valence-corrected chi connectivity index (χ1v) is 0. The van der Waals surface area contributed by atoms with E-state index in [9.17, 15) is 0 Å². The van der Waals surface area contributed by atoms with Crippen LogP contribution in [0.25, 0.3) is 0 Å². The van der Waals surface area contributed by atoms with Crippen molar-refractivity contribution in [1.29, 1.82) is 0 Å². The molecule has 0 radical (unpaired) electrons. The Morgan fingerprint density at radius 2 is 0.188 bits per heavy atom. The molecule has 0 spiro atoms. The van der Waals surface area contributed by atoms with Crippen molar-refractivity contribution in [2.75, 3.05) is 0 Å². The van der Waals surface area contributed by atoms with Gasteiger partial charge in [-0.15, -0.1) is 0 Å². The second-order valence-corrected chi connectivity index (χ2v) is 0. The summed E-state index contributed by atoms with van der Waals surface area (Å²) in [6, 6.07) is 0. The second-order valence-electron chi connectivity index (χ2n) is 0. The van der Waals surface area contributed by atoms with Crippen molar-refractivity contribution in [3.63, 3.8) is 0 Å². The first-order chi connectivity index (χ1) is 0. The molecule has 9 N–H and O–H groups in total. The molecule has 0 aromatic heterocycles. The molecule has 0 aliphatic rings. The van der Waals surface area contributed by atoms with E-state index in [4.69, 9.17) is 0 Å². The monoisotopic (exact) mass is 366 g/mol. The summed E-state index contributed by atoms with van der Waals surface area (Å²) in [7, 11) is 0. The summed E-state index contributed by atoms with van der Waals surface area (Å²) < 4.78 is 0. The number of hydrogen-bond acceptors (Lipinski definition) is 9. The third-order valence-corrected chi connectivity index (χ3v) is 0. The van der Waals surface area contributed by atoms with E-state index >= 15 is 0 Å². The molecular weight excluding hydrogens is 358 g/mol. The van der Waals surface area contributed by atoms with Crippen LogP contribution >= 0.6 is 0 Å². The van der Waals surface area contributed by atoms with Crippen LogP contribution in [0.3, 0.4) is 0 Å². The van der Waals surface area contributed by atoms with Crippen molar-refractivity contribution in [3.8, 4) is 0 Å². The van der Waals surface area contributed by atoms with Crippen LogP contribution < -0.4 is 37.2 Å². The van der Waals surface area contributed by atoms with Gasteiger partial charge in [0.05, 0.1) is 0 Å². The molecule has 0 fully saturated rings. The van der Waals surface area contributed by atoms with Gasteiger partial charge in [0.1, 0.15) is 0 Å². The number of halogens is 3. The zero-order valence-corrected chi connectivity index (χ0v) is 14.4. The molecule has 0 aliphatic heterocycles. The minimum atomic E-state index is 0. The predicted octanol–water partition coefficient (Wildman–Crippen LogP) is -12.1. The van der Waals surface area contributed by atoms with Gasteiger partial charge in [-0.1, -0.05) is 0 Å². The van der Waals surface area contributed by atoms with Gasteiger partial charge in [0.2, 0.25) is 0 Å². The Balaban J connectivity index is 0.